The maximum Gasteiger partial charge on any atom is 0.132 e. The molecule has 0 fully saturated rings. The third kappa shape index (κ3) is 1.41. The molecule has 0 atom stereocenters. The Kier molecular flexibility index (Phi) is 2.19. The lowest BCUT2D eigenvalue weighted by Crippen LogP contribution is -1.88. The monoisotopic (exact) mass is 287 g/mol. The van der Waals surface area contributed by atoms with E-state index in [4.69, 9.17) is 0 Å². The van der Waals surface area contributed by atoms with Crippen molar-refractivity contribution in [3.8, 4) is 0 Å². The normalized spacial score (nSPS) is 10.7. The van der Waals surface area contributed by atoms with E-state index in [1.807, 2.05) is 6.92 Å². The molecule has 0 aliphatic rings. The molecule has 1 aromatic carbocycles. The molecule has 0 spiro atoms. The van der Waals surface area contributed by atoms with Crippen LogP contribution in [0.2, 0.25) is 0 Å². The van der Waals surface area contributed by atoms with Crippen LogP contribution in [0.1, 0.15) is 5.56 Å². The van der Waals surface area contributed by atoms with Crippen LogP contribution in [0.5, 0.6) is 0 Å². The zero-order chi connectivity index (χ0) is 9.42. The largest absolute Gasteiger partial charge is 0.263 e. The fraction of sp³-hybridized carbons (Fsp3) is 0.100. The lowest BCUT2D eigenvalue weighted by molar-refractivity contribution is 0.639. The first-order chi connectivity index (χ1) is 6.20. The molecule has 0 radical (unpaired) electrons. The van der Waals surface area contributed by atoms with Crippen LogP contribution < -0.4 is 0 Å². The van der Waals surface area contributed by atoms with Gasteiger partial charge in [-0.05, 0) is 41.1 Å². The molecule has 1 heterocycles. The minimum absolute atomic E-state index is 0.174. The van der Waals surface area contributed by atoms with Crippen LogP contribution in [-0.2, 0) is 0 Å². The molecule has 2 aromatic rings. The summed E-state index contributed by atoms with van der Waals surface area (Å²) >= 11 is 2.10. The van der Waals surface area contributed by atoms with Crippen molar-refractivity contribution in [3.63, 3.8) is 0 Å². The average Bonchev–Trinajstić information content (AvgIpc) is 2.12. The van der Waals surface area contributed by atoms with Crippen molar-refractivity contribution in [2.75, 3.05) is 0 Å². The van der Waals surface area contributed by atoms with Crippen molar-refractivity contribution in [1.82, 2.24) is 4.98 Å². The smallest absolute Gasteiger partial charge is 0.132 e. The molecule has 66 valence electrons. The second kappa shape index (κ2) is 3.21. The Balaban J connectivity index is 3.00. The van der Waals surface area contributed by atoms with Gasteiger partial charge in [0.05, 0.1) is 0 Å². The van der Waals surface area contributed by atoms with Gasteiger partial charge in [-0.3, -0.25) is 4.98 Å². The van der Waals surface area contributed by atoms with Gasteiger partial charge < -0.3 is 0 Å². The summed E-state index contributed by atoms with van der Waals surface area (Å²) in [5.41, 5.74) is 1.06. The maximum atomic E-state index is 13.4. The van der Waals surface area contributed by atoms with E-state index < -0.39 is 0 Å². The lowest BCUT2D eigenvalue weighted by Gasteiger charge is -2.03. The highest BCUT2D eigenvalue weighted by Crippen LogP contribution is 2.24. The summed E-state index contributed by atoms with van der Waals surface area (Å²) < 4.78 is 14.3. The van der Waals surface area contributed by atoms with Gasteiger partial charge in [-0.25, -0.2) is 4.39 Å². The summed E-state index contributed by atoms with van der Waals surface area (Å²) in [6.45, 7) is 1.96. The number of aryl methyl sites for hydroxylation is 1. The number of halogens is 2. The molecule has 0 bridgehead atoms. The average molecular weight is 287 g/mol. The Morgan fingerprint density at radius 2 is 2.08 bits per heavy atom. The van der Waals surface area contributed by atoms with Crippen LogP contribution >= 0.6 is 22.6 Å². The Labute approximate surface area is 89.1 Å². The summed E-state index contributed by atoms with van der Waals surface area (Å²) in [4.78, 5) is 4.04. The van der Waals surface area contributed by atoms with E-state index in [0.717, 1.165) is 14.5 Å². The molecule has 3 heteroatoms. The molecule has 1 nitrogen and oxygen atoms in total. The highest BCUT2D eigenvalue weighted by molar-refractivity contribution is 14.1. The highest BCUT2D eigenvalue weighted by Gasteiger charge is 2.06. The van der Waals surface area contributed by atoms with Gasteiger partial charge in [0.15, 0.2) is 0 Å². The van der Waals surface area contributed by atoms with E-state index in [1.165, 1.54) is 6.07 Å². The molecule has 0 unspecified atom stereocenters. The first kappa shape index (κ1) is 8.87. The number of pyridine rings is 1. The fourth-order valence-electron chi connectivity index (χ4n) is 1.35. The van der Waals surface area contributed by atoms with Gasteiger partial charge >= 0.3 is 0 Å². The highest BCUT2D eigenvalue weighted by atomic mass is 127. The first-order valence-electron chi connectivity index (χ1n) is 3.88. The summed E-state index contributed by atoms with van der Waals surface area (Å²) in [7, 11) is 0. The van der Waals surface area contributed by atoms with E-state index >= 15 is 0 Å². The van der Waals surface area contributed by atoms with Crippen LogP contribution in [0.25, 0.3) is 10.8 Å². The first-order valence-corrected chi connectivity index (χ1v) is 4.96. The number of nitrogens with zero attached hydrogens (tertiary/aromatic N) is 1. The van der Waals surface area contributed by atoms with E-state index in [9.17, 15) is 4.39 Å². The molecular weight excluding hydrogens is 280 g/mol. The van der Waals surface area contributed by atoms with E-state index in [2.05, 4.69) is 27.6 Å². The number of aromatic nitrogens is 1. The molecule has 0 saturated carbocycles. The minimum atomic E-state index is -0.174. The summed E-state index contributed by atoms with van der Waals surface area (Å²) in [6, 6.07) is 3.27. The van der Waals surface area contributed by atoms with Crippen molar-refractivity contribution < 1.29 is 4.39 Å². The molecular formula is C10H7FIN. The summed E-state index contributed by atoms with van der Waals surface area (Å²) in [5, 5.41) is 1.57. The minimum Gasteiger partial charge on any atom is -0.263 e. The van der Waals surface area contributed by atoms with Crippen molar-refractivity contribution in [2.24, 2.45) is 0 Å². The van der Waals surface area contributed by atoms with Gasteiger partial charge in [0.25, 0.3) is 0 Å². The predicted octanol–water partition coefficient (Wildman–Crippen LogP) is 3.29. The van der Waals surface area contributed by atoms with E-state index in [1.54, 1.807) is 18.5 Å². The molecule has 0 N–H and O–H groups in total. The van der Waals surface area contributed by atoms with Crippen LogP contribution in [0.3, 0.4) is 0 Å². The SMILES string of the molecule is Cc1ccc(F)c2c(I)cncc12. The fourth-order valence-corrected chi connectivity index (χ4v) is 2.06. The standard InChI is InChI=1S/C10H7FIN/c1-6-2-3-8(11)10-7(6)4-13-5-9(10)12/h2-5H,1H3. The topological polar surface area (TPSA) is 12.9 Å². The zero-order valence-corrected chi connectivity index (χ0v) is 9.17. The maximum absolute atomic E-state index is 13.4. The van der Waals surface area contributed by atoms with Crippen LogP contribution in [0, 0.1) is 16.3 Å². The number of benzene rings is 1. The predicted molar refractivity (Wildman–Crippen MR) is 59.2 cm³/mol. The molecule has 0 aliphatic carbocycles. The van der Waals surface area contributed by atoms with Gasteiger partial charge in [-0.1, -0.05) is 6.07 Å². The molecule has 13 heavy (non-hydrogen) atoms. The van der Waals surface area contributed by atoms with Crippen LogP contribution in [0.15, 0.2) is 24.5 Å². The molecule has 0 amide bonds. The van der Waals surface area contributed by atoms with Gasteiger partial charge in [0, 0.05) is 26.7 Å². The second-order valence-electron chi connectivity index (χ2n) is 2.91. The van der Waals surface area contributed by atoms with Gasteiger partial charge in [-0.2, -0.15) is 0 Å². The van der Waals surface area contributed by atoms with Gasteiger partial charge in [0.2, 0.25) is 0 Å². The van der Waals surface area contributed by atoms with Gasteiger partial charge in [0.1, 0.15) is 5.82 Å². The lowest BCUT2D eigenvalue weighted by atomic mass is 10.1. The molecule has 0 saturated heterocycles. The van der Waals surface area contributed by atoms with Crippen molar-refractivity contribution >= 4 is 33.4 Å². The van der Waals surface area contributed by atoms with Crippen LogP contribution in [0.4, 0.5) is 4.39 Å². The number of hydrogen-bond acceptors (Lipinski definition) is 1. The Bertz CT molecular complexity index is 459. The summed E-state index contributed by atoms with van der Waals surface area (Å²) in [5.74, 6) is -0.174. The molecule has 2 rings (SSSR count). The second-order valence-corrected chi connectivity index (χ2v) is 4.07. The molecule has 0 aliphatic heterocycles. The van der Waals surface area contributed by atoms with E-state index in [-0.39, 0.29) is 5.82 Å². The number of hydrogen-bond donors (Lipinski definition) is 0. The van der Waals surface area contributed by atoms with E-state index in [0.29, 0.717) is 5.39 Å². The van der Waals surface area contributed by atoms with Gasteiger partial charge in [-0.15, -0.1) is 0 Å². The molecule has 1 aromatic heterocycles. The number of fused-ring (bicyclic) bond motifs is 1. The third-order valence-corrected chi connectivity index (χ3v) is 2.86. The zero-order valence-electron chi connectivity index (χ0n) is 7.01. The Morgan fingerprint density at radius 1 is 1.31 bits per heavy atom. The number of rotatable bonds is 0. The summed E-state index contributed by atoms with van der Waals surface area (Å²) in [6.07, 6.45) is 3.38. The Hall–Kier alpha value is -0.710. The van der Waals surface area contributed by atoms with Crippen molar-refractivity contribution in [3.05, 3.63) is 39.5 Å². The quantitative estimate of drug-likeness (QED) is 0.678. The van der Waals surface area contributed by atoms with Crippen molar-refractivity contribution in [1.29, 1.82) is 0 Å². The third-order valence-electron chi connectivity index (χ3n) is 2.04. The Morgan fingerprint density at radius 3 is 2.77 bits per heavy atom. The van der Waals surface area contributed by atoms with Crippen molar-refractivity contribution in [2.45, 2.75) is 6.92 Å². The van der Waals surface area contributed by atoms with Crippen LogP contribution in [-0.4, -0.2) is 4.98 Å².